The van der Waals surface area contributed by atoms with Crippen LogP contribution < -0.4 is 0 Å². The molecule has 0 fully saturated rings. The first-order valence-electron chi connectivity index (χ1n) is 9.61. The Kier molecular flexibility index (Phi) is 9.82. The van der Waals surface area contributed by atoms with Crippen LogP contribution in [0.5, 0.6) is 11.5 Å². The summed E-state index contributed by atoms with van der Waals surface area (Å²) in [7, 11) is 0. The number of para-hydroxylation sites is 2. The number of benzene rings is 2. The number of aryl methyl sites for hydroxylation is 4. The molecule has 2 N–H and O–H groups in total. The predicted octanol–water partition coefficient (Wildman–Crippen LogP) is 4.86. The van der Waals surface area contributed by atoms with Gasteiger partial charge in [-0.3, -0.25) is 0 Å². The first-order valence-corrected chi connectivity index (χ1v) is 9.61. The van der Waals surface area contributed by atoms with Gasteiger partial charge in [0.15, 0.2) is 0 Å². The highest BCUT2D eigenvalue weighted by molar-refractivity contribution is 5.88. The third-order valence-electron chi connectivity index (χ3n) is 4.83. The largest absolute Gasteiger partial charge is 0.506 e. The average Bonchev–Trinajstić information content (AvgIpc) is 2.69. The van der Waals surface area contributed by atoms with E-state index < -0.39 is 0 Å². The number of aromatic hydroxyl groups is 2. The van der Waals surface area contributed by atoms with Crippen LogP contribution in [0, 0.1) is 13.8 Å². The number of phenolic OH excluding ortho intramolecular Hbond substituents is 2. The third-order valence-corrected chi connectivity index (χ3v) is 4.83. The fourth-order valence-corrected chi connectivity index (χ4v) is 3.48. The second-order valence-corrected chi connectivity index (χ2v) is 6.90. The van der Waals surface area contributed by atoms with Crippen molar-refractivity contribution in [2.45, 2.75) is 40.5 Å². The number of hydrogen-bond donors (Lipinski definition) is 2. The molecule has 0 saturated heterocycles. The van der Waals surface area contributed by atoms with Crippen molar-refractivity contribution in [3.05, 3.63) is 71.0 Å². The summed E-state index contributed by atoms with van der Waals surface area (Å²) in [6.45, 7) is 8.12. The number of hydrogen-bond acceptors (Lipinski definition) is 4. The molecule has 0 saturated carbocycles. The van der Waals surface area contributed by atoms with Crippen LogP contribution in [0.2, 0.25) is 0 Å². The van der Waals surface area contributed by atoms with Gasteiger partial charge in [-0.15, -0.1) is 0 Å². The van der Waals surface area contributed by atoms with Crippen LogP contribution in [0.4, 0.5) is 0 Å². The molecular formula is C24H26Al2N2O2. The second kappa shape index (κ2) is 11.4. The van der Waals surface area contributed by atoms with Gasteiger partial charge in [0.2, 0.25) is 0 Å². The molecule has 6 radical (unpaired) electrons. The summed E-state index contributed by atoms with van der Waals surface area (Å²) in [5.41, 5.74) is 5.81. The average molecular weight is 428 g/mol. The highest BCUT2D eigenvalue weighted by Gasteiger charge is 2.06. The lowest BCUT2D eigenvalue weighted by molar-refractivity contribution is 0.479. The van der Waals surface area contributed by atoms with Crippen molar-refractivity contribution in [2.75, 3.05) is 0 Å². The van der Waals surface area contributed by atoms with Crippen LogP contribution in [0.15, 0.2) is 48.5 Å². The first-order chi connectivity index (χ1) is 13.4. The molecule has 2 aromatic carbocycles. The van der Waals surface area contributed by atoms with Crippen LogP contribution >= 0.6 is 0 Å². The zero-order valence-corrected chi connectivity index (χ0v) is 20.3. The molecule has 150 valence electrons. The molecule has 30 heavy (non-hydrogen) atoms. The van der Waals surface area contributed by atoms with Crippen molar-refractivity contribution in [1.82, 2.24) is 9.97 Å². The van der Waals surface area contributed by atoms with Crippen molar-refractivity contribution in [3.63, 3.8) is 0 Å². The Labute approximate surface area is 199 Å². The van der Waals surface area contributed by atoms with Gasteiger partial charge in [-0.25, -0.2) is 9.97 Å². The maximum atomic E-state index is 9.65. The number of pyridine rings is 2. The topological polar surface area (TPSA) is 66.2 Å². The van der Waals surface area contributed by atoms with E-state index in [9.17, 15) is 10.2 Å². The van der Waals surface area contributed by atoms with Crippen molar-refractivity contribution < 1.29 is 10.2 Å². The van der Waals surface area contributed by atoms with Crippen molar-refractivity contribution in [1.29, 1.82) is 0 Å². The Balaban J connectivity index is 0.000000281. The van der Waals surface area contributed by atoms with E-state index in [4.69, 9.17) is 0 Å². The maximum Gasteiger partial charge on any atom is 0.141 e. The van der Waals surface area contributed by atoms with Gasteiger partial charge in [0, 0.05) is 56.9 Å². The van der Waals surface area contributed by atoms with Crippen LogP contribution in [-0.2, 0) is 12.8 Å². The number of nitrogens with zero attached hydrogens (tertiary/aromatic N) is 2. The molecule has 0 bridgehead atoms. The molecule has 4 aromatic rings. The highest BCUT2D eigenvalue weighted by atomic mass is 27.0. The molecule has 2 aromatic heterocycles. The van der Waals surface area contributed by atoms with E-state index >= 15 is 0 Å². The lowest BCUT2D eigenvalue weighted by Gasteiger charge is -2.06. The standard InChI is InChI=1S/2C12H13NO.2Al/c2*1-3-9-7-8(2)13-12-10(9)5-4-6-11(12)14;;/h2*4-7,14H,3H2,1-2H3;;. The normalized spacial score (nSPS) is 10.0. The molecule has 0 atom stereocenters. The van der Waals surface area contributed by atoms with Crippen LogP contribution in [0.3, 0.4) is 0 Å². The molecule has 6 heteroatoms. The summed E-state index contributed by atoms with van der Waals surface area (Å²) in [5.74, 6) is 0.529. The zero-order chi connectivity index (χ0) is 20.3. The molecule has 0 aliphatic carbocycles. The number of phenols is 2. The van der Waals surface area contributed by atoms with Gasteiger partial charge in [0.05, 0.1) is 0 Å². The molecule has 2 heterocycles. The Morgan fingerprint density at radius 3 is 1.37 bits per heavy atom. The summed E-state index contributed by atoms with van der Waals surface area (Å²) in [6, 6.07) is 15.2. The maximum absolute atomic E-state index is 9.65. The molecular weight excluding hydrogens is 402 g/mol. The smallest absolute Gasteiger partial charge is 0.141 e. The van der Waals surface area contributed by atoms with Gasteiger partial charge < -0.3 is 10.2 Å². The van der Waals surface area contributed by atoms with Gasteiger partial charge >= 0.3 is 0 Å². The fraction of sp³-hybridized carbons (Fsp3) is 0.250. The second-order valence-electron chi connectivity index (χ2n) is 6.90. The zero-order valence-electron chi connectivity index (χ0n) is 18.0. The number of aromatic nitrogens is 2. The lowest BCUT2D eigenvalue weighted by Crippen LogP contribution is -1.90. The first kappa shape index (κ1) is 26.0. The van der Waals surface area contributed by atoms with E-state index in [2.05, 4.69) is 35.9 Å². The Morgan fingerprint density at radius 2 is 1.03 bits per heavy atom. The third kappa shape index (κ3) is 5.54. The minimum atomic E-state index is 0. The highest BCUT2D eigenvalue weighted by Crippen LogP contribution is 2.27. The van der Waals surface area contributed by atoms with Crippen LogP contribution in [-0.4, -0.2) is 54.9 Å². The number of rotatable bonds is 2. The Bertz CT molecular complexity index is 1060. The van der Waals surface area contributed by atoms with Crippen molar-refractivity contribution in [2.24, 2.45) is 0 Å². The van der Waals surface area contributed by atoms with Crippen LogP contribution in [0.25, 0.3) is 21.8 Å². The fourth-order valence-electron chi connectivity index (χ4n) is 3.48. The SMILES string of the molecule is CCc1cc(C)nc2c(O)cccc12.CCc1cc(C)nc2c(O)cccc12.[Al].[Al]. The Morgan fingerprint density at radius 1 is 0.667 bits per heavy atom. The minimum absolute atomic E-state index is 0. The Hall–Kier alpha value is -2.08. The van der Waals surface area contributed by atoms with Gasteiger partial charge in [0.1, 0.15) is 22.5 Å². The predicted molar refractivity (Wildman–Crippen MR) is 127 cm³/mol. The van der Waals surface area contributed by atoms with Gasteiger partial charge in [-0.05, 0) is 62.1 Å². The quantitative estimate of drug-likeness (QED) is 0.448. The summed E-state index contributed by atoms with van der Waals surface area (Å²) in [4.78, 5) is 8.67. The molecule has 0 amide bonds. The minimum Gasteiger partial charge on any atom is -0.506 e. The molecule has 4 rings (SSSR count). The molecule has 4 nitrogen and oxygen atoms in total. The molecule has 0 aliphatic rings. The van der Waals surface area contributed by atoms with Gasteiger partial charge in [0.25, 0.3) is 0 Å². The van der Waals surface area contributed by atoms with E-state index in [1.807, 2.05) is 38.1 Å². The number of fused-ring (bicyclic) bond motifs is 2. The molecule has 0 spiro atoms. The van der Waals surface area contributed by atoms with Crippen molar-refractivity contribution >= 4 is 56.5 Å². The summed E-state index contributed by atoms with van der Waals surface area (Å²) in [6.07, 6.45) is 1.92. The van der Waals surface area contributed by atoms with Gasteiger partial charge in [-0.1, -0.05) is 38.1 Å². The van der Waals surface area contributed by atoms with E-state index in [1.165, 1.54) is 11.1 Å². The lowest BCUT2D eigenvalue weighted by atomic mass is 10.1. The van der Waals surface area contributed by atoms with Crippen molar-refractivity contribution in [3.8, 4) is 11.5 Å². The summed E-state index contributed by atoms with van der Waals surface area (Å²) in [5, 5.41) is 21.4. The van der Waals surface area contributed by atoms with E-state index in [0.717, 1.165) is 35.0 Å². The van der Waals surface area contributed by atoms with E-state index in [1.54, 1.807) is 12.1 Å². The molecule has 0 aliphatic heterocycles. The molecule has 0 unspecified atom stereocenters. The van der Waals surface area contributed by atoms with E-state index in [-0.39, 0.29) is 46.2 Å². The van der Waals surface area contributed by atoms with Gasteiger partial charge in [-0.2, -0.15) is 0 Å². The summed E-state index contributed by atoms with van der Waals surface area (Å²) >= 11 is 0. The monoisotopic (exact) mass is 428 g/mol. The van der Waals surface area contributed by atoms with E-state index in [0.29, 0.717) is 11.0 Å². The summed E-state index contributed by atoms with van der Waals surface area (Å²) < 4.78 is 0. The van der Waals surface area contributed by atoms with Crippen LogP contribution in [0.1, 0.15) is 36.4 Å².